The van der Waals surface area contributed by atoms with Crippen molar-refractivity contribution in [1.82, 2.24) is 19.4 Å². The molecule has 1 aliphatic rings. The van der Waals surface area contributed by atoms with E-state index in [1.165, 1.54) is 22.8 Å². The van der Waals surface area contributed by atoms with E-state index < -0.39 is 11.9 Å². The molecule has 0 radical (unpaired) electrons. The van der Waals surface area contributed by atoms with Gasteiger partial charge in [0.15, 0.2) is 0 Å². The second-order valence-corrected chi connectivity index (χ2v) is 9.28. The molecule has 9 nitrogen and oxygen atoms in total. The van der Waals surface area contributed by atoms with E-state index in [0.717, 1.165) is 6.42 Å². The first-order valence-corrected chi connectivity index (χ1v) is 11.8. The number of carbonyl (C=O) groups is 1. The number of aromatic nitrogens is 3. The van der Waals surface area contributed by atoms with Crippen LogP contribution in [0.3, 0.4) is 0 Å². The highest BCUT2D eigenvalue weighted by molar-refractivity contribution is 6.31. The molecule has 0 aliphatic carbocycles. The smallest absolute Gasteiger partial charge is 0.404 e. The van der Waals surface area contributed by atoms with Crippen LogP contribution in [0.1, 0.15) is 24.0 Å². The van der Waals surface area contributed by atoms with E-state index in [9.17, 15) is 24.3 Å². The monoisotopic (exact) mass is 508 g/mol. The average Bonchev–Trinajstić information content (AvgIpc) is 3.23. The van der Waals surface area contributed by atoms with Crippen LogP contribution < -0.4 is 15.8 Å². The van der Waals surface area contributed by atoms with Crippen LogP contribution >= 0.6 is 11.6 Å². The molecule has 11 heteroatoms. The zero-order valence-electron chi connectivity index (χ0n) is 19.3. The molecule has 3 heterocycles. The summed E-state index contributed by atoms with van der Waals surface area (Å²) >= 11 is 6.38. The van der Waals surface area contributed by atoms with Crippen molar-refractivity contribution in [2.24, 2.45) is 7.05 Å². The Hall–Kier alpha value is -4.10. The summed E-state index contributed by atoms with van der Waals surface area (Å²) in [6, 6.07) is 10.9. The number of nitrogens with one attached hydrogen (secondary N) is 1. The summed E-state index contributed by atoms with van der Waals surface area (Å²) in [5.74, 6) is 0.0163. The average molecular weight is 509 g/mol. The molecule has 5 rings (SSSR count). The lowest BCUT2D eigenvalue weighted by Gasteiger charge is -2.33. The Balaban J connectivity index is 1.76. The minimum absolute atomic E-state index is 0.0903. The van der Waals surface area contributed by atoms with Gasteiger partial charge in [-0.1, -0.05) is 11.6 Å². The Morgan fingerprint density at radius 2 is 2.14 bits per heavy atom. The molecule has 0 unspecified atom stereocenters. The Labute approximate surface area is 209 Å². The third kappa shape index (κ3) is 4.12. The highest BCUT2D eigenvalue weighted by Gasteiger charge is 2.28. The van der Waals surface area contributed by atoms with Crippen molar-refractivity contribution < 1.29 is 14.3 Å². The Morgan fingerprint density at radius 3 is 2.89 bits per heavy atom. The number of rotatable bonds is 4. The second-order valence-electron chi connectivity index (χ2n) is 8.87. The lowest BCUT2D eigenvalue weighted by Crippen LogP contribution is -2.48. The third-order valence-electron chi connectivity index (χ3n) is 6.57. The van der Waals surface area contributed by atoms with Crippen molar-refractivity contribution in [2.75, 3.05) is 18.0 Å². The van der Waals surface area contributed by atoms with Gasteiger partial charge in [-0.05, 0) is 54.8 Å². The molecular formula is C25H22ClFN6O3. The summed E-state index contributed by atoms with van der Waals surface area (Å²) in [7, 11) is 1.63. The van der Waals surface area contributed by atoms with E-state index in [1.54, 1.807) is 29.8 Å². The number of nitrogens with zero attached hydrogens (tertiary/aromatic N) is 5. The van der Waals surface area contributed by atoms with Crippen molar-refractivity contribution in [1.29, 1.82) is 5.26 Å². The third-order valence-corrected chi connectivity index (χ3v) is 6.93. The lowest BCUT2D eigenvalue weighted by atomic mass is 10.1. The van der Waals surface area contributed by atoms with E-state index >= 15 is 0 Å². The largest absolute Gasteiger partial charge is 0.465 e. The van der Waals surface area contributed by atoms with Crippen LogP contribution in [0.5, 0.6) is 0 Å². The molecule has 0 saturated carbocycles. The van der Waals surface area contributed by atoms with Crippen LogP contribution in [0.4, 0.5) is 15.1 Å². The summed E-state index contributed by atoms with van der Waals surface area (Å²) in [6.45, 7) is 1.06. The van der Waals surface area contributed by atoms with Crippen LogP contribution in [0, 0.1) is 17.1 Å². The topological polar surface area (TPSA) is 116 Å². The van der Waals surface area contributed by atoms with Crippen LogP contribution in [-0.2, 0) is 13.6 Å². The Bertz CT molecular complexity index is 1620. The minimum atomic E-state index is -1.10. The predicted octanol–water partition coefficient (Wildman–Crippen LogP) is 3.84. The molecule has 1 aliphatic heterocycles. The van der Waals surface area contributed by atoms with Crippen molar-refractivity contribution in [3.8, 4) is 6.07 Å². The van der Waals surface area contributed by atoms with Gasteiger partial charge in [0.1, 0.15) is 16.9 Å². The van der Waals surface area contributed by atoms with Crippen molar-refractivity contribution in [3.63, 3.8) is 0 Å². The number of halogens is 2. The first-order valence-electron chi connectivity index (χ1n) is 11.4. The highest BCUT2D eigenvalue weighted by Crippen LogP contribution is 2.31. The van der Waals surface area contributed by atoms with Crippen molar-refractivity contribution in [2.45, 2.75) is 25.4 Å². The number of aryl methyl sites for hydroxylation is 1. The molecule has 2 N–H and O–H groups in total. The summed E-state index contributed by atoms with van der Waals surface area (Å²) in [5, 5.41) is 22.1. The minimum Gasteiger partial charge on any atom is -0.465 e. The Morgan fingerprint density at radius 1 is 1.33 bits per heavy atom. The quantitative estimate of drug-likeness (QED) is 0.432. The first-order chi connectivity index (χ1) is 17.3. The highest BCUT2D eigenvalue weighted by atomic mass is 35.5. The van der Waals surface area contributed by atoms with Gasteiger partial charge in [-0.2, -0.15) is 5.26 Å². The fourth-order valence-corrected chi connectivity index (χ4v) is 5.05. The van der Waals surface area contributed by atoms with Gasteiger partial charge >= 0.3 is 6.09 Å². The zero-order valence-corrected chi connectivity index (χ0v) is 20.1. The number of hydrogen-bond acceptors (Lipinski definition) is 5. The number of piperidine rings is 1. The summed E-state index contributed by atoms with van der Waals surface area (Å²) in [5.41, 5.74) is 1.91. The first kappa shape index (κ1) is 23.6. The van der Waals surface area contributed by atoms with Crippen LogP contribution in [0.25, 0.3) is 21.9 Å². The molecule has 1 saturated heterocycles. The second kappa shape index (κ2) is 9.17. The fourth-order valence-electron chi connectivity index (χ4n) is 4.87. The van der Waals surface area contributed by atoms with Crippen LogP contribution in [-0.4, -0.2) is 44.4 Å². The van der Waals surface area contributed by atoms with Crippen LogP contribution in [0.2, 0.25) is 5.02 Å². The molecular weight excluding hydrogens is 487 g/mol. The van der Waals surface area contributed by atoms with Gasteiger partial charge in [-0.15, -0.1) is 0 Å². The van der Waals surface area contributed by atoms with Gasteiger partial charge in [0, 0.05) is 36.6 Å². The summed E-state index contributed by atoms with van der Waals surface area (Å²) in [6.07, 6.45) is 0.301. The standard InChI is InChI=1S/C25H22ClFN6O3/c1-31-20-9-14(11-28)4-6-18(20)21-22(23(31)34)33(12-15-10-16(27)5-7-19(15)26)24(30-21)32-8-2-3-17(13-32)29-25(35)36/h4-7,9-10,17,29H,2-3,8,12-13H2,1H3,(H,35,36)/t17-/m1/s1. The van der Waals surface area contributed by atoms with Crippen molar-refractivity contribution >= 4 is 45.6 Å². The van der Waals surface area contributed by atoms with Gasteiger partial charge in [0.2, 0.25) is 5.95 Å². The maximum Gasteiger partial charge on any atom is 0.404 e. The number of benzene rings is 2. The summed E-state index contributed by atoms with van der Waals surface area (Å²) in [4.78, 5) is 31.7. The van der Waals surface area contributed by atoms with Gasteiger partial charge in [-0.3, -0.25) is 4.79 Å². The molecule has 2 aromatic heterocycles. The number of carboxylic acid groups (broad SMARTS) is 1. The number of fused-ring (bicyclic) bond motifs is 3. The number of pyridine rings is 1. The molecule has 4 aromatic rings. The number of anilines is 1. The number of nitriles is 1. The van der Waals surface area contributed by atoms with E-state index in [4.69, 9.17) is 16.6 Å². The molecule has 36 heavy (non-hydrogen) atoms. The number of hydrogen-bond donors (Lipinski definition) is 2. The van der Waals surface area contributed by atoms with E-state index in [2.05, 4.69) is 11.4 Å². The zero-order chi connectivity index (χ0) is 25.6. The van der Waals surface area contributed by atoms with E-state index in [0.29, 0.717) is 63.5 Å². The molecule has 2 aromatic carbocycles. The maximum atomic E-state index is 14.1. The lowest BCUT2D eigenvalue weighted by molar-refractivity contribution is 0.188. The van der Waals surface area contributed by atoms with E-state index in [-0.39, 0.29) is 18.1 Å². The van der Waals surface area contributed by atoms with Gasteiger partial charge in [-0.25, -0.2) is 14.2 Å². The normalized spacial score (nSPS) is 15.8. The Kier molecular flexibility index (Phi) is 6.02. The predicted molar refractivity (Wildman–Crippen MR) is 134 cm³/mol. The summed E-state index contributed by atoms with van der Waals surface area (Å²) < 4.78 is 17.3. The van der Waals surface area contributed by atoms with Gasteiger partial charge in [0.05, 0.1) is 23.7 Å². The fraction of sp³-hybridized carbons (Fsp3) is 0.280. The van der Waals surface area contributed by atoms with Crippen molar-refractivity contribution in [3.05, 3.63) is 68.7 Å². The molecule has 1 amide bonds. The molecule has 1 fully saturated rings. The van der Waals surface area contributed by atoms with Crippen LogP contribution in [0.15, 0.2) is 41.2 Å². The number of imidazole rings is 1. The molecule has 1 atom stereocenters. The van der Waals surface area contributed by atoms with E-state index in [1.807, 2.05) is 4.90 Å². The number of amides is 1. The maximum absolute atomic E-state index is 14.1. The van der Waals surface area contributed by atoms with Gasteiger partial charge < -0.3 is 24.5 Å². The molecule has 0 bridgehead atoms. The molecule has 184 valence electrons. The molecule has 0 spiro atoms. The van der Waals surface area contributed by atoms with Gasteiger partial charge in [0.25, 0.3) is 5.56 Å². The SMILES string of the molecule is Cn1c(=O)c2c(nc(N3CCC[C@@H](NC(=O)O)C3)n2Cc2cc(F)ccc2Cl)c2ccc(C#N)cc21.